The number of carboxylic acid groups (broad SMARTS) is 1. The van der Waals surface area contributed by atoms with Crippen LogP contribution in [-0.2, 0) is 5.41 Å². The zero-order valence-corrected chi connectivity index (χ0v) is 8.79. The second-order valence-electron chi connectivity index (χ2n) is 4.23. The lowest BCUT2D eigenvalue weighted by atomic mass is 9.86. The van der Waals surface area contributed by atoms with Crippen molar-refractivity contribution in [1.29, 1.82) is 0 Å². The van der Waals surface area contributed by atoms with E-state index in [9.17, 15) is 9.59 Å². The first kappa shape index (κ1) is 11.2. The number of nitrogens with two attached hydrogens (primary N) is 1. The highest BCUT2D eigenvalue weighted by atomic mass is 16.4. The van der Waals surface area contributed by atoms with Crippen molar-refractivity contribution in [2.75, 3.05) is 5.73 Å². The Kier molecular flexibility index (Phi) is 2.53. The van der Waals surface area contributed by atoms with Crippen LogP contribution in [0.4, 0.5) is 5.95 Å². The Morgan fingerprint density at radius 1 is 1.47 bits per heavy atom. The lowest BCUT2D eigenvalue weighted by molar-refractivity contribution is 0.0687. The van der Waals surface area contributed by atoms with Crippen LogP contribution in [-0.4, -0.2) is 21.0 Å². The molecule has 0 spiro atoms. The fourth-order valence-corrected chi connectivity index (χ4v) is 1.34. The number of anilines is 1. The van der Waals surface area contributed by atoms with E-state index in [0.29, 0.717) is 0 Å². The van der Waals surface area contributed by atoms with Gasteiger partial charge in [-0.15, -0.1) is 0 Å². The van der Waals surface area contributed by atoms with Gasteiger partial charge >= 0.3 is 5.97 Å². The van der Waals surface area contributed by atoms with Gasteiger partial charge < -0.3 is 10.8 Å². The number of nitrogens with zero attached hydrogens (tertiary/aromatic N) is 1. The molecule has 0 saturated carbocycles. The van der Waals surface area contributed by atoms with Crippen molar-refractivity contribution < 1.29 is 9.90 Å². The summed E-state index contributed by atoms with van der Waals surface area (Å²) in [7, 11) is 0. The van der Waals surface area contributed by atoms with E-state index in [1.54, 1.807) is 20.8 Å². The molecule has 0 atom stereocenters. The van der Waals surface area contributed by atoms with Crippen molar-refractivity contribution >= 4 is 11.9 Å². The fraction of sp³-hybridized carbons (Fsp3) is 0.444. The Hall–Kier alpha value is -1.85. The largest absolute Gasteiger partial charge is 0.476 e. The van der Waals surface area contributed by atoms with Crippen LogP contribution in [0.25, 0.3) is 0 Å². The molecule has 82 valence electrons. The monoisotopic (exact) mass is 211 g/mol. The lowest BCUT2D eigenvalue weighted by Crippen LogP contribution is -2.30. The van der Waals surface area contributed by atoms with Crippen molar-refractivity contribution in [3.63, 3.8) is 0 Å². The minimum atomic E-state index is -1.25. The summed E-state index contributed by atoms with van der Waals surface area (Å²) in [5.74, 6) is -1.44. The van der Waals surface area contributed by atoms with E-state index >= 15 is 0 Å². The molecule has 1 rings (SSSR count). The minimum absolute atomic E-state index is 0.129. The second-order valence-corrected chi connectivity index (χ2v) is 4.23. The van der Waals surface area contributed by atoms with Crippen molar-refractivity contribution in [3.05, 3.63) is 21.6 Å². The van der Waals surface area contributed by atoms with E-state index in [1.165, 1.54) is 0 Å². The van der Waals surface area contributed by atoms with Gasteiger partial charge in [0.25, 0.3) is 5.56 Å². The summed E-state index contributed by atoms with van der Waals surface area (Å²) in [6.07, 6.45) is 0. The van der Waals surface area contributed by atoms with Crippen LogP contribution in [0.2, 0.25) is 0 Å². The molecule has 0 aliphatic heterocycles. The highest BCUT2D eigenvalue weighted by molar-refractivity contribution is 5.87. The van der Waals surface area contributed by atoms with Crippen molar-refractivity contribution in [3.8, 4) is 0 Å². The van der Waals surface area contributed by atoms with Crippen LogP contribution in [0.15, 0.2) is 4.79 Å². The highest BCUT2D eigenvalue weighted by Crippen LogP contribution is 2.21. The van der Waals surface area contributed by atoms with Crippen LogP contribution in [0, 0.1) is 0 Å². The topological polar surface area (TPSA) is 109 Å². The Morgan fingerprint density at radius 2 is 2.00 bits per heavy atom. The number of H-pyrrole nitrogens is 1. The standard InChI is InChI=1S/C9H13N3O3/c1-9(2,3)4-5(7(14)15)11-8(10)12-6(4)13/h1-3H3,(H,14,15)(H3,10,11,12,13). The Morgan fingerprint density at radius 3 is 2.40 bits per heavy atom. The molecule has 0 saturated heterocycles. The van der Waals surface area contributed by atoms with E-state index < -0.39 is 16.9 Å². The third-order valence-electron chi connectivity index (χ3n) is 1.89. The third-order valence-corrected chi connectivity index (χ3v) is 1.89. The average molecular weight is 211 g/mol. The number of hydrogen-bond acceptors (Lipinski definition) is 4. The van der Waals surface area contributed by atoms with Gasteiger partial charge in [0.1, 0.15) is 0 Å². The number of nitrogen functional groups attached to an aromatic ring is 1. The Bertz CT molecular complexity index is 457. The molecule has 0 aliphatic rings. The maximum absolute atomic E-state index is 11.6. The van der Waals surface area contributed by atoms with Crippen LogP contribution in [0.3, 0.4) is 0 Å². The molecule has 0 radical (unpaired) electrons. The van der Waals surface area contributed by atoms with E-state index in [1.807, 2.05) is 0 Å². The highest BCUT2D eigenvalue weighted by Gasteiger charge is 2.26. The van der Waals surface area contributed by atoms with Gasteiger partial charge in [0.05, 0.1) is 5.56 Å². The summed E-state index contributed by atoms with van der Waals surface area (Å²) < 4.78 is 0. The Labute approximate surface area is 86.2 Å². The molecule has 0 amide bonds. The van der Waals surface area contributed by atoms with Gasteiger partial charge in [0.2, 0.25) is 5.95 Å². The van der Waals surface area contributed by atoms with E-state index in [4.69, 9.17) is 10.8 Å². The summed E-state index contributed by atoms with van der Waals surface area (Å²) in [5.41, 5.74) is 4.02. The van der Waals surface area contributed by atoms with Crippen molar-refractivity contribution in [2.24, 2.45) is 0 Å². The second kappa shape index (κ2) is 3.38. The van der Waals surface area contributed by atoms with Gasteiger partial charge in [-0.2, -0.15) is 0 Å². The quantitative estimate of drug-likeness (QED) is 0.620. The molecule has 6 nitrogen and oxygen atoms in total. The number of aromatic nitrogens is 2. The molecule has 0 aromatic carbocycles. The average Bonchev–Trinajstić information content (AvgIpc) is 1.99. The molecule has 1 aromatic heterocycles. The molecular weight excluding hydrogens is 198 g/mol. The van der Waals surface area contributed by atoms with Crippen LogP contribution >= 0.6 is 0 Å². The number of aromatic carboxylic acids is 1. The number of nitrogens with one attached hydrogen (secondary N) is 1. The van der Waals surface area contributed by atoms with Crippen molar-refractivity contribution in [1.82, 2.24) is 9.97 Å². The molecule has 0 fully saturated rings. The molecule has 0 unspecified atom stereocenters. The number of aromatic amines is 1. The third kappa shape index (κ3) is 2.15. The van der Waals surface area contributed by atoms with Gasteiger partial charge in [-0.1, -0.05) is 20.8 Å². The normalized spacial score (nSPS) is 11.4. The minimum Gasteiger partial charge on any atom is -0.476 e. The van der Waals surface area contributed by atoms with E-state index in [-0.39, 0.29) is 17.2 Å². The molecule has 15 heavy (non-hydrogen) atoms. The summed E-state index contributed by atoms with van der Waals surface area (Å²) in [6, 6.07) is 0. The molecule has 1 heterocycles. The maximum atomic E-state index is 11.6. The molecule has 1 aromatic rings. The Balaban J connectivity index is 3.63. The van der Waals surface area contributed by atoms with Gasteiger partial charge in [0.15, 0.2) is 5.69 Å². The lowest BCUT2D eigenvalue weighted by Gasteiger charge is -2.19. The van der Waals surface area contributed by atoms with Crippen LogP contribution in [0.1, 0.15) is 36.8 Å². The fourth-order valence-electron chi connectivity index (χ4n) is 1.34. The van der Waals surface area contributed by atoms with Crippen molar-refractivity contribution in [2.45, 2.75) is 26.2 Å². The number of carbonyl (C=O) groups is 1. The maximum Gasteiger partial charge on any atom is 0.355 e. The number of rotatable bonds is 1. The molecule has 4 N–H and O–H groups in total. The molecule has 0 bridgehead atoms. The molecule has 0 aliphatic carbocycles. The van der Waals surface area contributed by atoms with Gasteiger partial charge in [0, 0.05) is 0 Å². The summed E-state index contributed by atoms with van der Waals surface area (Å²) in [4.78, 5) is 28.4. The van der Waals surface area contributed by atoms with Gasteiger partial charge in [-0.05, 0) is 5.41 Å². The van der Waals surface area contributed by atoms with Crippen LogP contribution in [0.5, 0.6) is 0 Å². The first-order chi connectivity index (χ1) is 6.73. The van der Waals surface area contributed by atoms with E-state index in [0.717, 1.165) is 0 Å². The zero-order chi connectivity index (χ0) is 11.8. The smallest absolute Gasteiger partial charge is 0.355 e. The SMILES string of the molecule is CC(C)(C)c1c(C(=O)O)nc(N)[nH]c1=O. The predicted molar refractivity (Wildman–Crippen MR) is 54.9 cm³/mol. The predicted octanol–water partition coefficient (Wildman–Crippen LogP) is 0.348. The van der Waals surface area contributed by atoms with Gasteiger partial charge in [-0.3, -0.25) is 9.78 Å². The van der Waals surface area contributed by atoms with E-state index in [2.05, 4.69) is 9.97 Å². The summed E-state index contributed by atoms with van der Waals surface area (Å²) in [6.45, 7) is 5.21. The first-order valence-electron chi connectivity index (χ1n) is 4.37. The number of carboxylic acids is 1. The summed E-state index contributed by atoms with van der Waals surface area (Å²) in [5, 5.41) is 8.91. The van der Waals surface area contributed by atoms with Gasteiger partial charge in [-0.25, -0.2) is 9.78 Å². The zero-order valence-electron chi connectivity index (χ0n) is 8.79. The first-order valence-corrected chi connectivity index (χ1v) is 4.37. The molecular formula is C9H13N3O3. The van der Waals surface area contributed by atoms with Crippen LogP contribution < -0.4 is 11.3 Å². The number of hydrogen-bond donors (Lipinski definition) is 3. The molecule has 6 heteroatoms. The summed E-state index contributed by atoms with van der Waals surface area (Å²) >= 11 is 0.